The van der Waals surface area contributed by atoms with Gasteiger partial charge in [0.15, 0.2) is 0 Å². The van der Waals surface area contributed by atoms with Gasteiger partial charge in [0.05, 0.1) is 18.4 Å². The highest BCUT2D eigenvalue weighted by Gasteiger charge is 2.24. The number of benzene rings is 2. The van der Waals surface area contributed by atoms with E-state index in [1.165, 1.54) is 12.5 Å². The second-order valence-electron chi connectivity index (χ2n) is 7.58. The lowest BCUT2D eigenvalue weighted by Crippen LogP contribution is -2.46. The van der Waals surface area contributed by atoms with Crippen molar-refractivity contribution in [2.75, 3.05) is 19.7 Å². The average Bonchev–Trinajstić information content (AvgIpc) is 3.32. The molecule has 0 atom stereocenters. The maximum Gasteiger partial charge on any atom is 0.257 e. The molecule has 1 saturated heterocycles. The third kappa shape index (κ3) is 4.82. The van der Waals surface area contributed by atoms with E-state index in [1.54, 1.807) is 6.07 Å². The zero-order chi connectivity index (χ0) is 20.8. The van der Waals surface area contributed by atoms with Crippen LogP contribution >= 0.6 is 0 Å². The fraction of sp³-hybridized carbons (Fsp3) is 0.333. The summed E-state index contributed by atoms with van der Waals surface area (Å²) in [6, 6.07) is 15.9. The van der Waals surface area contributed by atoms with Crippen molar-refractivity contribution in [2.45, 2.75) is 31.7 Å². The van der Waals surface area contributed by atoms with Gasteiger partial charge in [0.2, 0.25) is 5.91 Å². The molecule has 0 bridgehead atoms. The standard InChI is InChI=1S/C24H26N2O4/c27-23(9-4-15-30-22-8-3-6-18-5-1-2-7-21(18)22)25-20-10-13-26(14-11-20)24(28)19-12-16-29-17-19/h1-3,5-8,12,16-17,20H,4,9-11,13-15H2,(H,25,27). The molecule has 3 aromatic rings. The fourth-order valence-electron chi connectivity index (χ4n) is 3.83. The van der Waals surface area contributed by atoms with Crippen LogP contribution in [-0.2, 0) is 4.79 Å². The number of hydrogen-bond acceptors (Lipinski definition) is 4. The van der Waals surface area contributed by atoms with Gasteiger partial charge in [0.1, 0.15) is 12.0 Å². The molecular formula is C24H26N2O4. The summed E-state index contributed by atoms with van der Waals surface area (Å²) in [5.41, 5.74) is 0.573. The summed E-state index contributed by atoms with van der Waals surface area (Å²) in [5.74, 6) is 0.874. The number of furan rings is 1. The molecular weight excluding hydrogens is 380 g/mol. The van der Waals surface area contributed by atoms with Crippen molar-refractivity contribution < 1.29 is 18.7 Å². The number of piperidine rings is 1. The second kappa shape index (κ2) is 9.48. The quantitative estimate of drug-likeness (QED) is 0.602. The van der Waals surface area contributed by atoms with Crippen LogP contribution in [0.5, 0.6) is 5.75 Å². The van der Waals surface area contributed by atoms with Crippen LogP contribution in [0.15, 0.2) is 65.5 Å². The Morgan fingerprint density at radius 2 is 1.87 bits per heavy atom. The lowest BCUT2D eigenvalue weighted by atomic mass is 10.0. The van der Waals surface area contributed by atoms with Gasteiger partial charge >= 0.3 is 0 Å². The van der Waals surface area contributed by atoms with E-state index in [0.29, 0.717) is 38.1 Å². The third-order valence-corrected chi connectivity index (χ3v) is 5.47. The molecule has 4 rings (SSSR count). The molecule has 0 unspecified atom stereocenters. The van der Waals surface area contributed by atoms with Gasteiger partial charge in [-0.2, -0.15) is 0 Å². The molecule has 1 aliphatic heterocycles. The van der Waals surface area contributed by atoms with E-state index in [4.69, 9.17) is 9.15 Å². The Morgan fingerprint density at radius 1 is 1.07 bits per heavy atom. The number of amides is 2. The smallest absolute Gasteiger partial charge is 0.257 e. The molecule has 6 heteroatoms. The summed E-state index contributed by atoms with van der Waals surface area (Å²) < 4.78 is 10.9. The molecule has 0 aliphatic carbocycles. The van der Waals surface area contributed by atoms with Crippen molar-refractivity contribution in [2.24, 2.45) is 0 Å². The Balaban J connectivity index is 1.16. The first-order valence-corrected chi connectivity index (χ1v) is 10.4. The van der Waals surface area contributed by atoms with Gasteiger partial charge in [0.25, 0.3) is 5.91 Å². The van der Waals surface area contributed by atoms with E-state index in [0.717, 1.165) is 29.4 Å². The zero-order valence-corrected chi connectivity index (χ0v) is 16.9. The van der Waals surface area contributed by atoms with Crippen LogP contribution in [0.3, 0.4) is 0 Å². The Hall–Kier alpha value is -3.28. The molecule has 156 valence electrons. The van der Waals surface area contributed by atoms with Gasteiger partial charge in [-0.25, -0.2) is 0 Å². The molecule has 0 saturated carbocycles. The summed E-state index contributed by atoms with van der Waals surface area (Å²) in [4.78, 5) is 26.4. The van der Waals surface area contributed by atoms with E-state index in [-0.39, 0.29) is 17.9 Å². The van der Waals surface area contributed by atoms with Gasteiger partial charge in [-0.3, -0.25) is 9.59 Å². The van der Waals surface area contributed by atoms with Crippen LogP contribution in [0.4, 0.5) is 0 Å². The number of rotatable bonds is 7. The zero-order valence-electron chi connectivity index (χ0n) is 16.9. The minimum Gasteiger partial charge on any atom is -0.493 e. The van der Waals surface area contributed by atoms with Crippen LogP contribution in [0, 0.1) is 0 Å². The normalized spacial score (nSPS) is 14.6. The maximum absolute atomic E-state index is 12.3. The number of ether oxygens (including phenoxy) is 1. The number of carbonyl (C=O) groups is 2. The highest BCUT2D eigenvalue weighted by molar-refractivity contribution is 5.93. The summed E-state index contributed by atoms with van der Waals surface area (Å²) >= 11 is 0. The van der Waals surface area contributed by atoms with Crippen LogP contribution in [0.25, 0.3) is 10.8 Å². The Bertz CT molecular complexity index is 986. The number of carbonyl (C=O) groups excluding carboxylic acids is 2. The SMILES string of the molecule is O=C(CCCOc1cccc2ccccc12)NC1CCN(C(=O)c2ccoc2)CC1. The van der Waals surface area contributed by atoms with Gasteiger partial charge in [-0.05, 0) is 36.8 Å². The van der Waals surface area contributed by atoms with Gasteiger partial charge < -0.3 is 19.4 Å². The molecule has 0 spiro atoms. The number of fused-ring (bicyclic) bond motifs is 1. The van der Waals surface area contributed by atoms with Crippen LogP contribution < -0.4 is 10.1 Å². The van der Waals surface area contributed by atoms with Crippen molar-refractivity contribution in [1.82, 2.24) is 10.2 Å². The van der Waals surface area contributed by atoms with Gasteiger partial charge in [-0.15, -0.1) is 0 Å². The summed E-state index contributed by atoms with van der Waals surface area (Å²) in [5, 5.41) is 5.32. The van der Waals surface area contributed by atoms with Crippen molar-refractivity contribution >= 4 is 22.6 Å². The first-order chi connectivity index (χ1) is 14.7. The predicted octanol–water partition coefficient (Wildman–Crippen LogP) is 4.01. The molecule has 2 amide bonds. The first kappa shape index (κ1) is 20.0. The van der Waals surface area contributed by atoms with Crippen molar-refractivity contribution in [3.05, 3.63) is 66.6 Å². The number of nitrogens with zero attached hydrogens (tertiary/aromatic N) is 1. The monoisotopic (exact) mass is 406 g/mol. The third-order valence-electron chi connectivity index (χ3n) is 5.47. The van der Waals surface area contributed by atoms with E-state index in [2.05, 4.69) is 17.4 Å². The largest absolute Gasteiger partial charge is 0.493 e. The Kier molecular flexibility index (Phi) is 6.32. The van der Waals surface area contributed by atoms with Crippen molar-refractivity contribution in [3.63, 3.8) is 0 Å². The Morgan fingerprint density at radius 3 is 2.67 bits per heavy atom. The highest BCUT2D eigenvalue weighted by atomic mass is 16.5. The number of likely N-dealkylation sites (tertiary alicyclic amines) is 1. The van der Waals surface area contributed by atoms with E-state index >= 15 is 0 Å². The van der Waals surface area contributed by atoms with E-state index in [9.17, 15) is 9.59 Å². The van der Waals surface area contributed by atoms with Crippen LogP contribution in [0.2, 0.25) is 0 Å². The number of nitrogens with one attached hydrogen (secondary N) is 1. The minimum atomic E-state index is -0.0147. The molecule has 1 fully saturated rings. The van der Waals surface area contributed by atoms with E-state index in [1.807, 2.05) is 35.2 Å². The summed E-state index contributed by atoms with van der Waals surface area (Å²) in [6.07, 6.45) is 5.59. The molecule has 30 heavy (non-hydrogen) atoms. The Labute approximate surface area is 175 Å². The van der Waals surface area contributed by atoms with Gasteiger partial charge in [-0.1, -0.05) is 36.4 Å². The molecule has 2 aromatic carbocycles. The molecule has 1 aromatic heterocycles. The molecule has 6 nitrogen and oxygen atoms in total. The van der Waals surface area contributed by atoms with Crippen molar-refractivity contribution in [3.8, 4) is 5.75 Å². The molecule has 1 N–H and O–H groups in total. The van der Waals surface area contributed by atoms with E-state index < -0.39 is 0 Å². The lowest BCUT2D eigenvalue weighted by molar-refractivity contribution is -0.122. The topological polar surface area (TPSA) is 71.8 Å². The summed E-state index contributed by atoms with van der Waals surface area (Å²) in [7, 11) is 0. The number of hydrogen-bond donors (Lipinski definition) is 1. The minimum absolute atomic E-state index is 0.0147. The van der Waals surface area contributed by atoms with Crippen LogP contribution in [-0.4, -0.2) is 42.5 Å². The highest BCUT2D eigenvalue weighted by Crippen LogP contribution is 2.25. The average molecular weight is 406 g/mol. The molecule has 2 heterocycles. The molecule has 1 aliphatic rings. The first-order valence-electron chi connectivity index (χ1n) is 10.4. The maximum atomic E-state index is 12.3. The predicted molar refractivity (Wildman–Crippen MR) is 114 cm³/mol. The van der Waals surface area contributed by atoms with Gasteiger partial charge in [0, 0.05) is 30.9 Å². The lowest BCUT2D eigenvalue weighted by Gasteiger charge is -2.32. The summed E-state index contributed by atoms with van der Waals surface area (Å²) in [6.45, 7) is 1.78. The van der Waals surface area contributed by atoms with Crippen LogP contribution in [0.1, 0.15) is 36.0 Å². The second-order valence-corrected chi connectivity index (χ2v) is 7.58. The molecule has 0 radical (unpaired) electrons. The van der Waals surface area contributed by atoms with Crippen molar-refractivity contribution in [1.29, 1.82) is 0 Å². The fourth-order valence-corrected chi connectivity index (χ4v) is 3.83.